The third-order valence-electron chi connectivity index (χ3n) is 4.61. The van der Waals surface area contributed by atoms with E-state index in [0.717, 1.165) is 6.42 Å². The van der Waals surface area contributed by atoms with Crippen molar-refractivity contribution in [2.24, 2.45) is 5.92 Å². The maximum atomic E-state index is 11.9. The second-order valence-electron chi connectivity index (χ2n) is 6.51. The second-order valence-corrected chi connectivity index (χ2v) is 6.88. The van der Waals surface area contributed by atoms with E-state index in [4.69, 9.17) is 16.3 Å². The van der Waals surface area contributed by atoms with E-state index >= 15 is 0 Å². The van der Waals surface area contributed by atoms with Crippen molar-refractivity contribution in [1.29, 1.82) is 0 Å². The normalized spacial score (nSPS) is 21.6. The zero-order chi connectivity index (χ0) is 19.4. The number of alkyl carbamates (subject to hydrolysis) is 1. The van der Waals surface area contributed by atoms with Crippen LogP contribution in [0.3, 0.4) is 0 Å². The fourth-order valence-corrected chi connectivity index (χ4v) is 3.38. The number of amides is 2. The molecule has 144 valence electrons. The molecule has 2 saturated heterocycles. The molecule has 1 aromatic heterocycles. The molecule has 3 heterocycles. The Morgan fingerprint density at radius 3 is 2.93 bits per heavy atom. The maximum Gasteiger partial charge on any atom is 0.419 e. The topological polar surface area (TPSA) is 108 Å². The number of H-pyrrole nitrogens is 1. The molecule has 0 spiro atoms. The highest BCUT2D eigenvalue weighted by Crippen LogP contribution is 2.25. The van der Waals surface area contributed by atoms with E-state index in [2.05, 4.69) is 27.5 Å². The van der Waals surface area contributed by atoms with Crippen molar-refractivity contribution in [2.45, 2.75) is 25.9 Å². The maximum absolute atomic E-state index is 11.9. The average molecular weight is 394 g/mol. The third-order valence-corrected chi connectivity index (χ3v) is 4.98. The Morgan fingerprint density at radius 1 is 1.37 bits per heavy atom. The summed E-state index contributed by atoms with van der Waals surface area (Å²) in [6, 6.07) is 2.62. The molecule has 0 aromatic carbocycles. The predicted octanol–water partition coefficient (Wildman–Crippen LogP) is 0.558. The molecule has 0 bridgehead atoms. The van der Waals surface area contributed by atoms with Crippen LogP contribution < -0.4 is 15.8 Å². The Bertz CT molecular complexity index is 846. The van der Waals surface area contributed by atoms with Crippen molar-refractivity contribution >= 4 is 29.3 Å². The van der Waals surface area contributed by atoms with Gasteiger partial charge in [-0.25, -0.2) is 15.2 Å². The molecule has 2 fully saturated rings. The molecule has 2 N–H and O–H groups in total. The number of nitrogens with one attached hydrogen (secondary N) is 2. The van der Waals surface area contributed by atoms with E-state index in [1.165, 1.54) is 13.1 Å². The van der Waals surface area contributed by atoms with Gasteiger partial charge >= 0.3 is 6.09 Å². The highest BCUT2D eigenvalue weighted by molar-refractivity contribution is 6.33. The molecule has 2 atom stereocenters. The van der Waals surface area contributed by atoms with Gasteiger partial charge in [0, 0.05) is 44.9 Å². The van der Waals surface area contributed by atoms with E-state index in [0.29, 0.717) is 38.3 Å². The summed E-state index contributed by atoms with van der Waals surface area (Å²) in [5.74, 6) is 3.03. The molecule has 3 rings (SSSR count). The van der Waals surface area contributed by atoms with Crippen LogP contribution in [-0.2, 0) is 9.53 Å². The summed E-state index contributed by atoms with van der Waals surface area (Å²) < 4.78 is 5.35. The van der Waals surface area contributed by atoms with Crippen molar-refractivity contribution in [3.05, 3.63) is 21.6 Å². The minimum absolute atomic E-state index is 0.0353. The lowest BCUT2D eigenvalue weighted by atomic mass is 10.1. The summed E-state index contributed by atoms with van der Waals surface area (Å²) in [4.78, 5) is 38.3. The van der Waals surface area contributed by atoms with Crippen LogP contribution in [0.25, 0.3) is 0 Å². The van der Waals surface area contributed by atoms with Gasteiger partial charge in [0.05, 0.1) is 18.4 Å². The van der Waals surface area contributed by atoms with Gasteiger partial charge in [0.15, 0.2) is 0 Å². The van der Waals surface area contributed by atoms with Crippen molar-refractivity contribution < 1.29 is 14.3 Å². The first kappa shape index (κ1) is 19.0. The van der Waals surface area contributed by atoms with Gasteiger partial charge in [-0.15, -0.1) is 0 Å². The van der Waals surface area contributed by atoms with Crippen LogP contribution in [0.4, 0.5) is 10.5 Å². The van der Waals surface area contributed by atoms with Crippen LogP contribution >= 0.6 is 11.6 Å². The van der Waals surface area contributed by atoms with Gasteiger partial charge in [-0.3, -0.25) is 9.59 Å². The Kier molecular flexibility index (Phi) is 5.86. The largest absolute Gasteiger partial charge is 0.444 e. The van der Waals surface area contributed by atoms with Gasteiger partial charge < -0.3 is 14.5 Å². The minimum Gasteiger partial charge on any atom is -0.444 e. The zero-order valence-corrected chi connectivity index (χ0v) is 15.6. The number of aromatic amines is 1. The molecule has 2 amide bonds. The highest BCUT2D eigenvalue weighted by atomic mass is 35.5. The minimum atomic E-state index is -0.620. The van der Waals surface area contributed by atoms with E-state index in [-0.39, 0.29) is 23.0 Å². The van der Waals surface area contributed by atoms with Crippen LogP contribution in [0, 0.1) is 17.9 Å². The van der Waals surface area contributed by atoms with Gasteiger partial charge in [-0.1, -0.05) is 17.5 Å². The quantitative estimate of drug-likeness (QED) is 0.561. The molecule has 0 aliphatic carbocycles. The number of hydrogen-bond donors (Lipinski definition) is 2. The number of aromatic nitrogens is 2. The van der Waals surface area contributed by atoms with Crippen LogP contribution in [0.1, 0.15) is 19.8 Å². The Balaban J connectivity index is 1.46. The monoisotopic (exact) mass is 393 g/mol. The summed E-state index contributed by atoms with van der Waals surface area (Å²) >= 11 is 6.00. The Morgan fingerprint density at radius 2 is 2.19 bits per heavy atom. The molecule has 0 radical (unpaired) electrons. The number of anilines is 1. The molecule has 2 aliphatic rings. The van der Waals surface area contributed by atoms with Gasteiger partial charge in [-0.2, -0.15) is 5.10 Å². The molecule has 1 aromatic rings. The predicted molar refractivity (Wildman–Crippen MR) is 98.2 cm³/mol. The average Bonchev–Trinajstić information content (AvgIpc) is 3.27. The first-order valence-corrected chi connectivity index (χ1v) is 9.02. The van der Waals surface area contributed by atoms with E-state index in [1.807, 2.05) is 4.90 Å². The molecule has 10 heteroatoms. The molecule has 2 aliphatic heterocycles. The summed E-state index contributed by atoms with van der Waals surface area (Å²) in [6.45, 7) is 3.82. The van der Waals surface area contributed by atoms with Crippen molar-refractivity contribution in [1.82, 2.24) is 20.4 Å². The molecule has 0 saturated carbocycles. The SMILES string of the molecule is CC(=O)N1CC[C@@H](C#CNC(=O)O[C@@H]2CCN(c3cn[nH]c(=O)c3Cl)C2)C1. The van der Waals surface area contributed by atoms with E-state index < -0.39 is 11.7 Å². The van der Waals surface area contributed by atoms with E-state index in [9.17, 15) is 14.4 Å². The molecule has 9 nitrogen and oxygen atoms in total. The summed E-state index contributed by atoms with van der Waals surface area (Å²) in [5, 5.41) is 8.49. The standard InChI is InChI=1S/C17H20ClN5O4/c1-11(24)22-6-3-12(9-22)2-5-19-17(26)27-13-4-7-23(10-13)14-8-20-21-16(25)15(14)18/h8,12-13H,3-4,6-7,9-10H2,1H3,(H,19,26)(H,21,25)/t12-,13-/m1/s1. The molecular formula is C17H20ClN5O4. The highest BCUT2D eigenvalue weighted by Gasteiger charge is 2.28. The van der Waals surface area contributed by atoms with Crippen molar-refractivity contribution in [3.8, 4) is 12.0 Å². The van der Waals surface area contributed by atoms with Crippen LogP contribution in [0.2, 0.25) is 5.02 Å². The number of ether oxygens (including phenoxy) is 1. The number of nitrogens with zero attached hydrogens (tertiary/aromatic N) is 3. The van der Waals surface area contributed by atoms with Crippen LogP contribution in [0.5, 0.6) is 0 Å². The fraction of sp³-hybridized carbons (Fsp3) is 0.529. The second kappa shape index (κ2) is 8.31. The summed E-state index contributed by atoms with van der Waals surface area (Å²) in [6.07, 6.45) is 1.93. The van der Waals surface area contributed by atoms with Crippen LogP contribution in [-0.4, -0.2) is 59.4 Å². The number of halogens is 1. The number of carbonyl (C=O) groups excluding carboxylic acids is 2. The number of hydrogen-bond acceptors (Lipinski definition) is 6. The lowest BCUT2D eigenvalue weighted by Gasteiger charge is -2.18. The molecule has 0 unspecified atom stereocenters. The smallest absolute Gasteiger partial charge is 0.419 e. The lowest BCUT2D eigenvalue weighted by molar-refractivity contribution is -0.127. The summed E-state index contributed by atoms with van der Waals surface area (Å²) in [7, 11) is 0. The van der Waals surface area contributed by atoms with Crippen LogP contribution in [0.15, 0.2) is 11.0 Å². The number of carbonyl (C=O) groups is 2. The zero-order valence-electron chi connectivity index (χ0n) is 14.8. The Labute approximate surface area is 161 Å². The third kappa shape index (κ3) is 4.71. The Hall–Kier alpha value is -2.73. The lowest BCUT2D eigenvalue weighted by Crippen LogP contribution is -2.29. The van der Waals surface area contributed by atoms with Crippen molar-refractivity contribution in [3.63, 3.8) is 0 Å². The van der Waals surface area contributed by atoms with E-state index in [1.54, 1.807) is 4.90 Å². The molecule has 27 heavy (non-hydrogen) atoms. The number of likely N-dealkylation sites (tertiary alicyclic amines) is 1. The van der Waals surface area contributed by atoms with Crippen molar-refractivity contribution in [2.75, 3.05) is 31.1 Å². The van der Waals surface area contributed by atoms with Gasteiger partial charge in [0.25, 0.3) is 5.56 Å². The number of rotatable bonds is 2. The van der Waals surface area contributed by atoms with Gasteiger partial charge in [-0.05, 0) is 6.42 Å². The van der Waals surface area contributed by atoms with Gasteiger partial charge in [0.1, 0.15) is 11.1 Å². The first-order valence-electron chi connectivity index (χ1n) is 8.65. The van der Waals surface area contributed by atoms with Gasteiger partial charge in [0.2, 0.25) is 5.91 Å². The summed E-state index contributed by atoms with van der Waals surface area (Å²) in [5.41, 5.74) is 0.0600. The first-order chi connectivity index (χ1) is 12.9. The fourth-order valence-electron chi connectivity index (χ4n) is 3.17. The molecular weight excluding hydrogens is 374 g/mol.